The molecule has 2 rings (SSSR count). The summed E-state index contributed by atoms with van der Waals surface area (Å²) in [6.07, 6.45) is 8.15. The zero-order valence-corrected chi connectivity index (χ0v) is 14.4. The topological polar surface area (TPSA) is 24.9 Å². The van der Waals surface area contributed by atoms with Crippen LogP contribution in [-0.4, -0.2) is 17.6 Å². The minimum Gasteiger partial charge on any atom is -0.314 e. The average Bonchev–Trinajstić information content (AvgIpc) is 2.77. The van der Waals surface area contributed by atoms with Crippen LogP contribution in [0.3, 0.4) is 0 Å². The molecule has 1 unspecified atom stereocenters. The van der Waals surface area contributed by atoms with Crippen LogP contribution in [0.2, 0.25) is 0 Å². The van der Waals surface area contributed by atoms with E-state index in [-0.39, 0.29) is 0 Å². The van der Waals surface area contributed by atoms with Gasteiger partial charge in [-0.25, -0.2) is 4.98 Å². The van der Waals surface area contributed by atoms with Crippen molar-refractivity contribution >= 4 is 11.3 Å². The van der Waals surface area contributed by atoms with Crippen LogP contribution in [0.15, 0.2) is 0 Å². The molecule has 1 atom stereocenters. The predicted molar refractivity (Wildman–Crippen MR) is 88.5 cm³/mol. The van der Waals surface area contributed by atoms with Gasteiger partial charge in [-0.1, -0.05) is 33.1 Å². The second kappa shape index (κ2) is 7.56. The van der Waals surface area contributed by atoms with Gasteiger partial charge in [-0.3, -0.25) is 0 Å². The molecule has 20 heavy (non-hydrogen) atoms. The van der Waals surface area contributed by atoms with Gasteiger partial charge >= 0.3 is 0 Å². The molecule has 1 aliphatic rings. The summed E-state index contributed by atoms with van der Waals surface area (Å²) in [5.74, 6) is 1.83. The highest BCUT2D eigenvalue weighted by Gasteiger charge is 2.27. The number of hydrogen-bond donors (Lipinski definition) is 1. The highest BCUT2D eigenvalue weighted by molar-refractivity contribution is 7.11. The molecular weight excluding hydrogens is 264 g/mol. The lowest BCUT2D eigenvalue weighted by molar-refractivity contribution is 0.218. The fourth-order valence-corrected chi connectivity index (χ4v) is 4.47. The maximum absolute atomic E-state index is 4.74. The molecule has 114 valence electrons. The number of thiazole rings is 1. The van der Waals surface area contributed by atoms with E-state index in [1.165, 1.54) is 47.7 Å². The Balaban J connectivity index is 1.96. The van der Waals surface area contributed by atoms with Crippen LogP contribution >= 0.6 is 11.3 Å². The zero-order valence-electron chi connectivity index (χ0n) is 13.5. The lowest BCUT2D eigenvalue weighted by atomic mass is 9.77. The minimum atomic E-state index is 0.628. The zero-order chi connectivity index (χ0) is 14.5. The number of hydrogen-bond acceptors (Lipinski definition) is 3. The first kappa shape index (κ1) is 16.0. The summed E-state index contributed by atoms with van der Waals surface area (Å²) in [5.41, 5.74) is 1.22. The fraction of sp³-hybridized carbons (Fsp3) is 0.824. The predicted octanol–water partition coefficient (Wildman–Crippen LogP) is 4.50. The molecule has 2 nitrogen and oxygen atoms in total. The van der Waals surface area contributed by atoms with E-state index in [0.29, 0.717) is 6.04 Å². The Morgan fingerprint density at radius 2 is 1.90 bits per heavy atom. The van der Waals surface area contributed by atoms with Gasteiger partial charge in [0.15, 0.2) is 0 Å². The molecule has 0 aromatic carbocycles. The molecule has 0 bridgehead atoms. The van der Waals surface area contributed by atoms with Gasteiger partial charge < -0.3 is 5.32 Å². The first-order chi connectivity index (χ1) is 9.63. The normalized spacial score (nSPS) is 24.8. The SMILES string of the molecule is CCNC(Cc1nc(C)c(C)s1)C1CCC(CC)CC1. The van der Waals surface area contributed by atoms with Gasteiger partial charge in [-0.2, -0.15) is 0 Å². The first-order valence-corrected chi connectivity index (χ1v) is 9.11. The minimum absolute atomic E-state index is 0.628. The van der Waals surface area contributed by atoms with E-state index in [1.807, 2.05) is 11.3 Å². The number of aromatic nitrogens is 1. The van der Waals surface area contributed by atoms with Gasteiger partial charge in [0.2, 0.25) is 0 Å². The van der Waals surface area contributed by atoms with E-state index >= 15 is 0 Å². The van der Waals surface area contributed by atoms with Gasteiger partial charge in [0.25, 0.3) is 0 Å². The van der Waals surface area contributed by atoms with Crippen molar-refractivity contribution in [2.45, 2.75) is 72.3 Å². The smallest absolute Gasteiger partial charge is 0.0946 e. The number of nitrogens with one attached hydrogen (secondary N) is 1. The van der Waals surface area contributed by atoms with Crippen molar-refractivity contribution in [3.8, 4) is 0 Å². The Labute approximate surface area is 128 Å². The summed E-state index contributed by atoms with van der Waals surface area (Å²) in [5, 5.41) is 5.05. The van der Waals surface area contributed by atoms with Gasteiger partial charge in [0.1, 0.15) is 0 Å². The van der Waals surface area contributed by atoms with Crippen molar-refractivity contribution in [3.05, 3.63) is 15.6 Å². The molecule has 1 N–H and O–H groups in total. The van der Waals surface area contributed by atoms with Crippen LogP contribution in [0, 0.1) is 25.7 Å². The summed E-state index contributed by atoms with van der Waals surface area (Å²) < 4.78 is 0. The van der Waals surface area contributed by atoms with Crippen molar-refractivity contribution in [2.24, 2.45) is 11.8 Å². The summed E-state index contributed by atoms with van der Waals surface area (Å²) in [6, 6.07) is 0.628. The van der Waals surface area contributed by atoms with E-state index in [2.05, 4.69) is 33.0 Å². The highest BCUT2D eigenvalue weighted by atomic mass is 32.1. The van der Waals surface area contributed by atoms with Crippen molar-refractivity contribution in [1.29, 1.82) is 0 Å². The Kier molecular flexibility index (Phi) is 6.03. The molecule has 1 fully saturated rings. The van der Waals surface area contributed by atoms with Crippen molar-refractivity contribution < 1.29 is 0 Å². The largest absolute Gasteiger partial charge is 0.314 e. The molecule has 1 aliphatic carbocycles. The molecule has 0 saturated heterocycles. The lowest BCUT2D eigenvalue weighted by Crippen LogP contribution is -2.39. The van der Waals surface area contributed by atoms with E-state index in [1.54, 1.807) is 0 Å². The molecular formula is C17H30N2S. The van der Waals surface area contributed by atoms with E-state index < -0.39 is 0 Å². The van der Waals surface area contributed by atoms with E-state index in [4.69, 9.17) is 4.98 Å². The molecule has 1 aromatic rings. The maximum atomic E-state index is 4.74. The molecule has 0 radical (unpaired) electrons. The van der Waals surface area contributed by atoms with Gasteiger partial charge in [-0.05, 0) is 45.1 Å². The Morgan fingerprint density at radius 3 is 2.40 bits per heavy atom. The molecule has 0 amide bonds. The first-order valence-electron chi connectivity index (χ1n) is 8.30. The third kappa shape index (κ3) is 4.05. The van der Waals surface area contributed by atoms with Gasteiger partial charge in [-0.15, -0.1) is 11.3 Å². The monoisotopic (exact) mass is 294 g/mol. The van der Waals surface area contributed by atoms with Crippen molar-refractivity contribution in [3.63, 3.8) is 0 Å². The number of aryl methyl sites for hydroxylation is 2. The van der Waals surface area contributed by atoms with Gasteiger partial charge in [0, 0.05) is 17.3 Å². The number of nitrogens with zero attached hydrogens (tertiary/aromatic N) is 1. The average molecular weight is 295 g/mol. The Bertz CT molecular complexity index is 386. The van der Waals surface area contributed by atoms with Crippen molar-refractivity contribution in [2.75, 3.05) is 6.54 Å². The standard InChI is InChI=1S/C17H30N2S/c1-5-14-7-9-15(10-8-14)16(18-6-2)11-17-19-12(3)13(4)20-17/h14-16,18H,5-11H2,1-4H3. The third-order valence-corrected chi connectivity index (χ3v) is 6.07. The molecule has 1 heterocycles. The number of likely N-dealkylation sites (N-methyl/N-ethyl adjacent to an activating group) is 1. The van der Waals surface area contributed by atoms with Crippen LogP contribution in [0.5, 0.6) is 0 Å². The summed E-state index contributed by atoms with van der Waals surface area (Å²) in [6.45, 7) is 9.95. The Hall–Kier alpha value is -0.410. The van der Waals surface area contributed by atoms with Crippen LogP contribution in [0.1, 0.15) is 61.5 Å². The Morgan fingerprint density at radius 1 is 1.20 bits per heavy atom. The van der Waals surface area contributed by atoms with Crippen LogP contribution < -0.4 is 5.32 Å². The van der Waals surface area contributed by atoms with E-state index in [0.717, 1.165) is 24.8 Å². The third-order valence-electron chi connectivity index (χ3n) is 4.97. The van der Waals surface area contributed by atoms with Gasteiger partial charge in [0.05, 0.1) is 10.7 Å². The van der Waals surface area contributed by atoms with Crippen molar-refractivity contribution in [1.82, 2.24) is 10.3 Å². The fourth-order valence-electron chi connectivity index (χ4n) is 3.48. The van der Waals surface area contributed by atoms with Crippen LogP contribution in [0.4, 0.5) is 0 Å². The molecule has 0 aliphatic heterocycles. The molecule has 1 aromatic heterocycles. The van der Waals surface area contributed by atoms with Crippen LogP contribution in [0.25, 0.3) is 0 Å². The second-order valence-corrected chi connectivity index (χ2v) is 7.59. The van der Waals surface area contributed by atoms with Crippen LogP contribution in [-0.2, 0) is 6.42 Å². The number of rotatable bonds is 6. The molecule has 1 saturated carbocycles. The quantitative estimate of drug-likeness (QED) is 0.835. The second-order valence-electron chi connectivity index (χ2n) is 6.31. The van der Waals surface area contributed by atoms with E-state index in [9.17, 15) is 0 Å². The molecule has 0 spiro atoms. The molecule has 3 heteroatoms. The summed E-state index contributed by atoms with van der Waals surface area (Å²) >= 11 is 1.89. The maximum Gasteiger partial charge on any atom is 0.0946 e. The summed E-state index contributed by atoms with van der Waals surface area (Å²) in [7, 11) is 0. The summed E-state index contributed by atoms with van der Waals surface area (Å²) in [4.78, 5) is 6.12. The highest BCUT2D eigenvalue weighted by Crippen LogP contribution is 2.33. The lowest BCUT2D eigenvalue weighted by Gasteiger charge is -2.33.